The molecule has 0 atom stereocenters. The van der Waals surface area contributed by atoms with Crippen LogP contribution in [-0.4, -0.2) is 15.9 Å². The molecule has 0 aliphatic heterocycles. The molecule has 0 saturated carbocycles. The third-order valence-corrected chi connectivity index (χ3v) is 4.66. The van der Waals surface area contributed by atoms with E-state index in [9.17, 15) is 4.79 Å². The van der Waals surface area contributed by atoms with E-state index < -0.39 is 0 Å². The summed E-state index contributed by atoms with van der Waals surface area (Å²) in [6, 6.07) is 19.5. The van der Waals surface area contributed by atoms with Crippen molar-refractivity contribution in [3.8, 4) is 0 Å². The number of benzene rings is 2. The Hall–Kier alpha value is -3.25. The van der Waals surface area contributed by atoms with Gasteiger partial charge in [-0.05, 0) is 30.5 Å². The number of pyridine rings is 1. The molecule has 0 bridgehead atoms. The van der Waals surface area contributed by atoms with Crippen LogP contribution in [0, 0.1) is 6.92 Å². The molecule has 2 aromatic carbocycles. The molecular weight excluding hydrogens is 344 g/mol. The van der Waals surface area contributed by atoms with Gasteiger partial charge in [0.15, 0.2) is 5.13 Å². The summed E-state index contributed by atoms with van der Waals surface area (Å²) in [7, 11) is 0. The first-order chi connectivity index (χ1) is 12.7. The molecule has 2 N–H and O–H groups in total. The average Bonchev–Trinajstić information content (AvgIpc) is 3.11. The number of nitrogens with one attached hydrogen (secondary N) is 2. The zero-order valence-corrected chi connectivity index (χ0v) is 14.9. The van der Waals surface area contributed by atoms with Crippen molar-refractivity contribution < 1.29 is 4.79 Å². The Morgan fingerprint density at radius 1 is 0.962 bits per heavy atom. The van der Waals surface area contributed by atoms with Gasteiger partial charge in [0.1, 0.15) is 11.5 Å². The molecule has 4 aromatic rings. The smallest absolute Gasteiger partial charge is 0.275 e. The fourth-order valence-electron chi connectivity index (χ4n) is 2.68. The van der Waals surface area contributed by atoms with E-state index in [1.54, 1.807) is 5.38 Å². The number of aryl methyl sites for hydroxylation is 1. The lowest BCUT2D eigenvalue weighted by atomic mass is 10.1. The van der Waals surface area contributed by atoms with Crippen LogP contribution in [0.3, 0.4) is 0 Å². The summed E-state index contributed by atoms with van der Waals surface area (Å²) in [5.74, 6) is 0.475. The predicted molar refractivity (Wildman–Crippen MR) is 106 cm³/mol. The fraction of sp³-hybridized carbons (Fsp3) is 0.0500. The van der Waals surface area contributed by atoms with E-state index in [4.69, 9.17) is 0 Å². The molecule has 4 rings (SSSR count). The van der Waals surface area contributed by atoms with Crippen molar-refractivity contribution in [1.82, 2.24) is 9.97 Å². The highest BCUT2D eigenvalue weighted by Gasteiger charge is 2.13. The molecule has 26 heavy (non-hydrogen) atoms. The Balaban J connectivity index is 1.53. The van der Waals surface area contributed by atoms with Gasteiger partial charge < -0.3 is 10.6 Å². The van der Waals surface area contributed by atoms with Crippen LogP contribution in [-0.2, 0) is 0 Å². The second-order valence-corrected chi connectivity index (χ2v) is 6.67. The molecule has 0 radical (unpaired) electrons. The number of carbonyl (C=O) groups excluding carboxylic acids is 1. The molecule has 128 valence electrons. The van der Waals surface area contributed by atoms with Gasteiger partial charge in [-0.15, -0.1) is 11.3 Å². The Bertz CT molecular complexity index is 1080. The summed E-state index contributed by atoms with van der Waals surface area (Å²) in [5, 5.41) is 10.5. The molecule has 1 amide bonds. The highest BCUT2D eigenvalue weighted by atomic mass is 32.1. The highest BCUT2D eigenvalue weighted by molar-refractivity contribution is 7.14. The molecule has 0 fully saturated rings. The van der Waals surface area contributed by atoms with Crippen molar-refractivity contribution in [3.05, 3.63) is 77.4 Å². The summed E-state index contributed by atoms with van der Waals surface area (Å²) in [6.45, 7) is 1.93. The van der Waals surface area contributed by atoms with Gasteiger partial charge in [-0.1, -0.05) is 42.5 Å². The maximum absolute atomic E-state index is 12.6. The van der Waals surface area contributed by atoms with Crippen molar-refractivity contribution in [2.75, 3.05) is 10.6 Å². The number of hydrogen-bond donors (Lipinski definition) is 2. The first kappa shape index (κ1) is 16.2. The van der Waals surface area contributed by atoms with Gasteiger partial charge in [0.2, 0.25) is 0 Å². The lowest BCUT2D eigenvalue weighted by Gasteiger charge is -2.07. The molecule has 2 heterocycles. The van der Waals surface area contributed by atoms with Gasteiger partial charge in [-0.25, -0.2) is 9.97 Å². The van der Waals surface area contributed by atoms with E-state index in [1.807, 2.05) is 67.6 Å². The minimum Gasteiger partial charge on any atom is -0.320 e. The van der Waals surface area contributed by atoms with Crippen molar-refractivity contribution >= 4 is 44.7 Å². The Labute approximate surface area is 154 Å². The van der Waals surface area contributed by atoms with Crippen molar-refractivity contribution in [3.63, 3.8) is 0 Å². The van der Waals surface area contributed by atoms with Gasteiger partial charge in [0.05, 0.1) is 0 Å². The molecule has 0 saturated heterocycles. The molecule has 6 heteroatoms. The van der Waals surface area contributed by atoms with Crippen molar-refractivity contribution in [2.24, 2.45) is 0 Å². The number of thiazole rings is 1. The number of nitrogens with zero attached hydrogens (tertiary/aromatic N) is 2. The Kier molecular flexibility index (Phi) is 4.33. The SMILES string of the molecule is Cc1cccc(Nc2nc(C(=O)Nc3cccc4ccccc34)cs2)n1. The van der Waals surface area contributed by atoms with Crippen molar-refractivity contribution in [1.29, 1.82) is 0 Å². The van der Waals surface area contributed by atoms with E-state index in [-0.39, 0.29) is 5.91 Å². The first-order valence-corrected chi connectivity index (χ1v) is 9.02. The van der Waals surface area contributed by atoms with Crippen LogP contribution in [0.4, 0.5) is 16.6 Å². The molecular formula is C20H16N4OS. The largest absolute Gasteiger partial charge is 0.320 e. The molecule has 0 spiro atoms. The van der Waals surface area contributed by atoms with Gasteiger partial charge in [0, 0.05) is 22.1 Å². The molecule has 2 aromatic heterocycles. The average molecular weight is 360 g/mol. The quantitative estimate of drug-likeness (QED) is 0.538. The standard InChI is InChI=1S/C20H16N4OS/c1-13-6-4-11-18(21-13)24-20-23-17(12-26-20)19(25)22-16-10-5-8-14-7-2-3-9-15(14)16/h2-12H,1H3,(H,22,25)(H,21,23,24). The zero-order chi connectivity index (χ0) is 17.9. The molecule has 0 aliphatic carbocycles. The summed E-state index contributed by atoms with van der Waals surface area (Å²) >= 11 is 1.37. The predicted octanol–water partition coefficient (Wildman–Crippen LogP) is 5.00. The van der Waals surface area contributed by atoms with E-state index in [0.29, 0.717) is 16.6 Å². The monoisotopic (exact) mass is 360 g/mol. The van der Waals surface area contributed by atoms with Crippen LogP contribution in [0.2, 0.25) is 0 Å². The van der Waals surface area contributed by atoms with Crippen LogP contribution in [0.25, 0.3) is 10.8 Å². The summed E-state index contributed by atoms with van der Waals surface area (Å²) < 4.78 is 0. The van der Waals surface area contributed by atoms with E-state index in [1.165, 1.54) is 11.3 Å². The topological polar surface area (TPSA) is 66.9 Å². The maximum Gasteiger partial charge on any atom is 0.275 e. The molecule has 5 nitrogen and oxygen atoms in total. The Morgan fingerprint density at radius 2 is 1.77 bits per heavy atom. The second kappa shape index (κ2) is 6.93. The van der Waals surface area contributed by atoms with Gasteiger partial charge in [0.25, 0.3) is 5.91 Å². The highest BCUT2D eigenvalue weighted by Crippen LogP contribution is 2.25. The van der Waals surface area contributed by atoms with Gasteiger partial charge in [-0.3, -0.25) is 4.79 Å². The normalized spacial score (nSPS) is 10.7. The fourth-order valence-corrected chi connectivity index (χ4v) is 3.38. The number of hydrogen-bond acceptors (Lipinski definition) is 5. The summed E-state index contributed by atoms with van der Waals surface area (Å²) in [4.78, 5) is 21.3. The Morgan fingerprint density at radius 3 is 2.65 bits per heavy atom. The van der Waals surface area contributed by atoms with Crippen LogP contribution in [0.15, 0.2) is 66.0 Å². The number of aromatic nitrogens is 2. The lowest BCUT2D eigenvalue weighted by molar-refractivity contribution is 0.102. The molecule has 0 unspecified atom stereocenters. The third-order valence-electron chi connectivity index (χ3n) is 3.90. The van der Waals surface area contributed by atoms with Crippen molar-refractivity contribution in [2.45, 2.75) is 6.92 Å². The lowest BCUT2D eigenvalue weighted by Crippen LogP contribution is -2.12. The number of anilines is 3. The summed E-state index contributed by atoms with van der Waals surface area (Å²) in [6.07, 6.45) is 0. The van der Waals surface area contributed by atoms with Crippen LogP contribution >= 0.6 is 11.3 Å². The van der Waals surface area contributed by atoms with Crippen LogP contribution < -0.4 is 10.6 Å². The zero-order valence-electron chi connectivity index (χ0n) is 14.1. The summed E-state index contributed by atoms with van der Waals surface area (Å²) in [5.41, 5.74) is 2.06. The van der Waals surface area contributed by atoms with Crippen LogP contribution in [0.5, 0.6) is 0 Å². The number of carbonyl (C=O) groups is 1. The second-order valence-electron chi connectivity index (χ2n) is 5.81. The van der Waals surface area contributed by atoms with Gasteiger partial charge >= 0.3 is 0 Å². The maximum atomic E-state index is 12.6. The minimum atomic E-state index is -0.233. The van der Waals surface area contributed by atoms with E-state index in [2.05, 4.69) is 20.6 Å². The minimum absolute atomic E-state index is 0.233. The van der Waals surface area contributed by atoms with Gasteiger partial charge in [-0.2, -0.15) is 0 Å². The number of fused-ring (bicyclic) bond motifs is 1. The van der Waals surface area contributed by atoms with E-state index >= 15 is 0 Å². The first-order valence-electron chi connectivity index (χ1n) is 8.14. The van der Waals surface area contributed by atoms with Crippen LogP contribution in [0.1, 0.15) is 16.2 Å². The molecule has 0 aliphatic rings. The number of amides is 1. The number of rotatable bonds is 4. The van der Waals surface area contributed by atoms with E-state index in [0.717, 1.165) is 22.2 Å². The third kappa shape index (κ3) is 3.41.